The van der Waals surface area contributed by atoms with E-state index in [1.807, 2.05) is 30.3 Å². The summed E-state index contributed by atoms with van der Waals surface area (Å²) in [7, 11) is -6.08. The van der Waals surface area contributed by atoms with Crippen molar-refractivity contribution in [1.29, 1.82) is 0 Å². The summed E-state index contributed by atoms with van der Waals surface area (Å²) < 4.78 is 21.7. The molecule has 5 nitrogen and oxygen atoms in total. The molecule has 1 aliphatic rings. The summed E-state index contributed by atoms with van der Waals surface area (Å²) in [6.45, 7) is 22.3. The van der Waals surface area contributed by atoms with Crippen molar-refractivity contribution < 1.29 is 23.5 Å². The lowest BCUT2D eigenvalue weighted by Gasteiger charge is -2.47. The molecule has 0 radical (unpaired) electrons. The van der Waals surface area contributed by atoms with Crippen LogP contribution in [0.25, 0.3) is 0 Å². The highest BCUT2D eigenvalue weighted by Gasteiger charge is 2.57. The van der Waals surface area contributed by atoms with Gasteiger partial charge in [0.1, 0.15) is 0 Å². The predicted octanol–water partition coefficient (Wildman–Crippen LogP) is 8.04. The van der Waals surface area contributed by atoms with Crippen LogP contribution in [0.1, 0.15) is 75.7 Å². The molecule has 0 amide bonds. The third-order valence-electron chi connectivity index (χ3n) is 11.3. The summed E-state index contributed by atoms with van der Waals surface area (Å²) >= 11 is 0. The minimum Gasteiger partial charge on any atom is -0.454 e. The molecular formula is C47H62O5Si2. The topological polar surface area (TPSA) is 65.0 Å². The van der Waals surface area contributed by atoms with Gasteiger partial charge >= 0.3 is 5.97 Å². The van der Waals surface area contributed by atoms with E-state index in [4.69, 9.17) is 13.6 Å². The molecule has 5 rings (SSSR count). The average molecular weight is 763 g/mol. The molecule has 1 N–H and O–H groups in total. The molecule has 0 saturated carbocycles. The van der Waals surface area contributed by atoms with E-state index in [2.05, 4.69) is 166 Å². The van der Waals surface area contributed by atoms with Crippen molar-refractivity contribution >= 4 is 43.4 Å². The predicted molar refractivity (Wildman–Crippen MR) is 228 cm³/mol. The van der Waals surface area contributed by atoms with Gasteiger partial charge in [0.2, 0.25) is 0 Å². The van der Waals surface area contributed by atoms with Crippen LogP contribution in [-0.4, -0.2) is 52.6 Å². The number of rotatable bonds is 14. The van der Waals surface area contributed by atoms with Gasteiger partial charge in [0, 0.05) is 6.42 Å². The van der Waals surface area contributed by atoms with Gasteiger partial charge in [-0.25, -0.2) is 0 Å². The first kappa shape index (κ1) is 41.6. The fraction of sp³-hybridized carbons (Fsp3) is 0.426. The number of aliphatic hydroxyl groups excluding tert-OH is 1. The van der Waals surface area contributed by atoms with E-state index in [9.17, 15) is 9.90 Å². The lowest BCUT2D eigenvalue weighted by molar-refractivity contribution is -0.157. The van der Waals surface area contributed by atoms with Crippen LogP contribution in [0.3, 0.4) is 0 Å². The minimum absolute atomic E-state index is 0.123. The van der Waals surface area contributed by atoms with Gasteiger partial charge in [-0.3, -0.25) is 4.79 Å². The number of aliphatic hydroxyl groups is 1. The van der Waals surface area contributed by atoms with Crippen LogP contribution < -0.4 is 20.7 Å². The number of carbonyl (C=O) groups excluding carboxylic acids is 1. The summed E-state index contributed by atoms with van der Waals surface area (Å²) in [6, 6.07) is 42.1. The van der Waals surface area contributed by atoms with Crippen molar-refractivity contribution in [3.63, 3.8) is 0 Å². The smallest absolute Gasteiger partial charge is 0.312 e. The van der Waals surface area contributed by atoms with Gasteiger partial charge in [-0.2, -0.15) is 0 Å². The van der Waals surface area contributed by atoms with Crippen LogP contribution in [0, 0.1) is 17.8 Å². The highest BCUT2D eigenvalue weighted by atomic mass is 28.4. The zero-order chi connectivity index (χ0) is 39.4. The minimum atomic E-state index is -3.04. The number of hydrogen-bond acceptors (Lipinski definition) is 5. The van der Waals surface area contributed by atoms with E-state index >= 15 is 0 Å². The zero-order valence-electron chi connectivity index (χ0n) is 34.1. The average Bonchev–Trinajstić information content (AvgIpc) is 3.47. The Hall–Kier alpha value is -3.60. The molecule has 1 fully saturated rings. The Labute approximate surface area is 327 Å². The molecule has 0 bridgehead atoms. The maximum atomic E-state index is 14.2. The monoisotopic (exact) mass is 762 g/mol. The van der Waals surface area contributed by atoms with Gasteiger partial charge in [0.25, 0.3) is 16.6 Å². The second-order valence-electron chi connectivity index (χ2n) is 17.8. The van der Waals surface area contributed by atoms with Crippen molar-refractivity contribution in [1.82, 2.24) is 0 Å². The van der Waals surface area contributed by atoms with Gasteiger partial charge in [-0.15, -0.1) is 0 Å². The van der Waals surface area contributed by atoms with E-state index in [1.54, 1.807) is 0 Å². The van der Waals surface area contributed by atoms with Gasteiger partial charge in [-0.05, 0) is 42.7 Å². The van der Waals surface area contributed by atoms with Gasteiger partial charge in [-0.1, -0.05) is 202 Å². The number of cyclic esters (lactones) is 1. The number of benzene rings is 4. The molecule has 0 aromatic heterocycles. The Morgan fingerprint density at radius 2 is 0.981 bits per heavy atom. The fourth-order valence-corrected chi connectivity index (χ4v) is 17.9. The third kappa shape index (κ3) is 8.31. The SMILES string of the molecule is CC(C)C(=CC(O)C1CC(CO[Si](c2ccccc2)(c2ccccc2)C(C)(C)C)(CO[Si](c2ccccc2)(c2ccccc2)C(C)(C)C)OC1=O)C(C)C. The summed E-state index contributed by atoms with van der Waals surface area (Å²) in [5, 5.41) is 15.8. The van der Waals surface area contributed by atoms with Crippen LogP contribution >= 0.6 is 0 Å². The van der Waals surface area contributed by atoms with Gasteiger partial charge in [0.05, 0.1) is 25.2 Å². The Bertz CT molecular complexity index is 1630. The highest BCUT2D eigenvalue weighted by Crippen LogP contribution is 2.43. The molecule has 1 heterocycles. The molecule has 2 unspecified atom stereocenters. The van der Waals surface area contributed by atoms with Crippen LogP contribution in [0.5, 0.6) is 0 Å². The molecule has 54 heavy (non-hydrogen) atoms. The Balaban J connectivity index is 1.66. The van der Waals surface area contributed by atoms with Crippen molar-refractivity contribution in [3.8, 4) is 0 Å². The second kappa shape index (κ2) is 16.6. The first-order valence-electron chi connectivity index (χ1n) is 19.6. The largest absolute Gasteiger partial charge is 0.454 e. The summed E-state index contributed by atoms with van der Waals surface area (Å²) in [6.07, 6.45) is 1.16. The lowest BCUT2D eigenvalue weighted by atomic mass is 9.86. The second-order valence-corrected chi connectivity index (χ2v) is 26.4. The van der Waals surface area contributed by atoms with Crippen LogP contribution in [-0.2, 0) is 18.4 Å². The molecule has 4 aromatic carbocycles. The molecule has 288 valence electrons. The van der Waals surface area contributed by atoms with E-state index < -0.39 is 40.2 Å². The van der Waals surface area contributed by atoms with Crippen molar-refractivity contribution in [2.45, 2.75) is 97.4 Å². The van der Waals surface area contributed by atoms with Gasteiger partial charge in [0.15, 0.2) is 5.60 Å². The fourth-order valence-electron chi connectivity index (χ4n) is 8.66. The lowest BCUT2D eigenvalue weighted by Crippen LogP contribution is -2.69. The van der Waals surface area contributed by atoms with Crippen molar-refractivity contribution in [2.75, 3.05) is 13.2 Å². The Kier molecular flexibility index (Phi) is 12.8. The maximum absolute atomic E-state index is 14.2. The Morgan fingerprint density at radius 3 is 1.26 bits per heavy atom. The summed E-state index contributed by atoms with van der Waals surface area (Å²) in [4.78, 5) is 14.2. The molecule has 1 saturated heterocycles. The molecule has 2 atom stereocenters. The number of ether oxygens (including phenoxy) is 1. The first-order valence-corrected chi connectivity index (χ1v) is 23.4. The van der Waals surface area contributed by atoms with Gasteiger partial charge < -0.3 is 18.7 Å². The van der Waals surface area contributed by atoms with E-state index in [0.717, 1.165) is 26.3 Å². The van der Waals surface area contributed by atoms with Crippen LogP contribution in [0.15, 0.2) is 133 Å². The summed E-state index contributed by atoms with van der Waals surface area (Å²) in [5.74, 6) is -0.705. The molecule has 0 aliphatic carbocycles. The molecule has 1 aliphatic heterocycles. The molecule has 7 heteroatoms. The zero-order valence-corrected chi connectivity index (χ0v) is 36.1. The van der Waals surface area contributed by atoms with E-state index in [-0.39, 0.29) is 41.5 Å². The van der Waals surface area contributed by atoms with Crippen molar-refractivity contribution in [2.24, 2.45) is 17.8 Å². The molecule has 0 spiro atoms. The van der Waals surface area contributed by atoms with E-state index in [1.165, 1.54) is 0 Å². The van der Waals surface area contributed by atoms with Crippen molar-refractivity contribution in [3.05, 3.63) is 133 Å². The summed E-state index contributed by atoms with van der Waals surface area (Å²) in [5.41, 5.74) is -0.0353. The number of esters is 1. The standard InChI is InChI=1S/C47H62O5Si2/c1-35(2)41(36(3)4)31-43(48)42-32-47(52-44(42)49,33-50-53(45(5,6)7,37-23-15-11-16-24-37)38-25-17-12-18-26-38)34-51-54(46(8,9)10,39-27-19-13-20-28-39)40-29-21-14-22-30-40/h11-31,35-36,42-43,48H,32-34H2,1-10H3. The van der Waals surface area contributed by atoms with E-state index in [0.29, 0.717) is 0 Å². The van der Waals surface area contributed by atoms with Crippen LogP contribution in [0.2, 0.25) is 10.1 Å². The first-order chi connectivity index (χ1) is 25.5. The third-order valence-corrected chi connectivity index (χ3v) is 21.2. The molecule has 4 aromatic rings. The number of allylic oxidation sites excluding steroid dienone is 1. The maximum Gasteiger partial charge on any atom is 0.312 e. The number of hydrogen-bond donors (Lipinski definition) is 1. The highest BCUT2D eigenvalue weighted by molar-refractivity contribution is 7.00. The normalized spacial score (nSPS) is 17.1. The quantitative estimate of drug-likeness (QED) is 0.0801. The number of carbonyl (C=O) groups is 1. The Morgan fingerprint density at radius 1 is 0.667 bits per heavy atom. The van der Waals surface area contributed by atoms with Crippen LogP contribution in [0.4, 0.5) is 0 Å². The molecular weight excluding hydrogens is 701 g/mol.